The number of anilines is 2. The van der Waals surface area contributed by atoms with Gasteiger partial charge in [0.25, 0.3) is 11.8 Å². The van der Waals surface area contributed by atoms with Crippen molar-refractivity contribution in [2.45, 2.75) is 17.1 Å². The van der Waals surface area contributed by atoms with Gasteiger partial charge in [-0.25, -0.2) is 0 Å². The van der Waals surface area contributed by atoms with E-state index in [1.165, 1.54) is 23.1 Å². The van der Waals surface area contributed by atoms with Gasteiger partial charge in [0.15, 0.2) is 0 Å². The third kappa shape index (κ3) is 8.18. The number of hydrogen-bond donors (Lipinski definition) is 4. The Hall–Kier alpha value is -6.67. The van der Waals surface area contributed by atoms with E-state index in [1.807, 2.05) is 103 Å². The van der Waals surface area contributed by atoms with Gasteiger partial charge in [0.2, 0.25) is 5.91 Å². The molecule has 4 N–H and O–H groups in total. The summed E-state index contributed by atoms with van der Waals surface area (Å²) in [5.41, 5.74) is 6.55. The smallest absolute Gasteiger partial charge is 0.272 e. The van der Waals surface area contributed by atoms with E-state index in [9.17, 15) is 19.6 Å². The Morgan fingerprint density at radius 1 is 0.833 bits per heavy atom. The second-order valence-electron chi connectivity index (χ2n) is 12.4. The van der Waals surface area contributed by atoms with Crippen LogP contribution in [0.4, 0.5) is 10.7 Å². The van der Waals surface area contributed by atoms with Crippen LogP contribution in [-0.4, -0.2) is 22.7 Å². The third-order valence-electron chi connectivity index (χ3n) is 8.64. The number of aromatic amines is 1. The lowest BCUT2D eigenvalue weighted by Gasteiger charge is -2.17. The quantitative estimate of drug-likeness (QED) is 0.0775. The van der Waals surface area contributed by atoms with Gasteiger partial charge in [-0.05, 0) is 60.5 Å². The number of nitrogens with zero attached hydrogens (tertiary/aromatic N) is 1. The fourth-order valence-corrected chi connectivity index (χ4v) is 7.88. The summed E-state index contributed by atoms with van der Waals surface area (Å²) in [7, 11) is 0. The van der Waals surface area contributed by atoms with Crippen LogP contribution >= 0.6 is 23.1 Å². The molecule has 8 nitrogen and oxygen atoms in total. The molecule has 0 saturated heterocycles. The highest BCUT2D eigenvalue weighted by molar-refractivity contribution is 8.00. The lowest BCUT2D eigenvalue weighted by atomic mass is 10.0. The van der Waals surface area contributed by atoms with Gasteiger partial charge < -0.3 is 20.9 Å². The molecule has 0 spiro atoms. The largest absolute Gasteiger partial charge is 0.361 e. The van der Waals surface area contributed by atoms with Gasteiger partial charge in [-0.2, -0.15) is 5.26 Å². The number of aryl methyl sites for hydroxylation is 1. The van der Waals surface area contributed by atoms with E-state index in [0.29, 0.717) is 21.8 Å². The summed E-state index contributed by atoms with van der Waals surface area (Å²) in [6.07, 6.45) is 3.44. The van der Waals surface area contributed by atoms with E-state index >= 15 is 0 Å². The Morgan fingerprint density at radius 3 is 2.31 bits per heavy atom. The van der Waals surface area contributed by atoms with Gasteiger partial charge in [-0.1, -0.05) is 103 Å². The van der Waals surface area contributed by atoms with E-state index in [1.54, 1.807) is 54.7 Å². The molecule has 3 amide bonds. The molecule has 2 aromatic heterocycles. The van der Waals surface area contributed by atoms with Crippen LogP contribution in [0.5, 0.6) is 0 Å². The number of thioether (sulfide) groups is 1. The summed E-state index contributed by atoms with van der Waals surface area (Å²) >= 11 is 2.63. The Kier molecular flexibility index (Phi) is 10.8. The van der Waals surface area contributed by atoms with Crippen LogP contribution < -0.4 is 16.0 Å². The second kappa shape index (κ2) is 16.3. The first-order chi connectivity index (χ1) is 26.4. The minimum Gasteiger partial charge on any atom is -0.361 e. The molecule has 0 saturated carbocycles. The number of H-pyrrole nitrogens is 1. The van der Waals surface area contributed by atoms with E-state index in [0.717, 1.165) is 43.6 Å². The van der Waals surface area contributed by atoms with Gasteiger partial charge in [-0.15, -0.1) is 23.1 Å². The summed E-state index contributed by atoms with van der Waals surface area (Å²) in [5, 5.41) is 21.5. The molecule has 0 aliphatic heterocycles. The van der Waals surface area contributed by atoms with Gasteiger partial charge in [0.05, 0.1) is 5.56 Å². The lowest BCUT2D eigenvalue weighted by molar-refractivity contribution is -0.116. The molecule has 0 aliphatic rings. The Labute approximate surface area is 320 Å². The zero-order valence-electron chi connectivity index (χ0n) is 29.0. The Morgan fingerprint density at radius 2 is 1.56 bits per heavy atom. The zero-order chi connectivity index (χ0) is 37.4. The Bertz CT molecular complexity index is 2540. The average Bonchev–Trinajstić information content (AvgIpc) is 3.81. The molecule has 7 rings (SSSR count). The summed E-state index contributed by atoms with van der Waals surface area (Å²) in [6, 6.07) is 43.2. The number of carbonyl (C=O) groups excluding carboxylic acids is 3. The van der Waals surface area contributed by atoms with Crippen molar-refractivity contribution < 1.29 is 14.4 Å². The molecule has 2 heterocycles. The van der Waals surface area contributed by atoms with Crippen molar-refractivity contribution in [3.63, 3.8) is 0 Å². The van der Waals surface area contributed by atoms with Crippen molar-refractivity contribution >= 4 is 68.5 Å². The third-order valence-corrected chi connectivity index (χ3v) is 10.8. The van der Waals surface area contributed by atoms with Gasteiger partial charge in [0, 0.05) is 49.8 Å². The molecule has 5 aromatic carbocycles. The molecule has 264 valence electrons. The monoisotopic (exact) mass is 743 g/mol. The van der Waals surface area contributed by atoms with Crippen LogP contribution in [0.3, 0.4) is 0 Å². The Balaban J connectivity index is 1.14. The fourth-order valence-electron chi connectivity index (χ4n) is 5.88. The number of amides is 3. The number of aromatic nitrogens is 1. The molecule has 10 heteroatoms. The van der Waals surface area contributed by atoms with Crippen molar-refractivity contribution in [1.29, 1.82) is 5.26 Å². The SMILES string of the molecule is Cc1ccc(-c2csc(NC(=O)C(Sc3cccc(NC(=O)/C(=C/c4c[nH]c5ccccc45)NC(=O)c4ccccc4)c3)c3ccccc3)c2C#N)cc1. The number of nitriles is 1. The van der Waals surface area contributed by atoms with Crippen LogP contribution in [0.1, 0.15) is 37.9 Å². The van der Waals surface area contributed by atoms with Crippen LogP contribution in [0.15, 0.2) is 156 Å². The summed E-state index contributed by atoms with van der Waals surface area (Å²) in [5.74, 6) is -1.23. The number of benzene rings is 5. The zero-order valence-corrected chi connectivity index (χ0v) is 30.6. The second-order valence-corrected chi connectivity index (χ2v) is 14.4. The summed E-state index contributed by atoms with van der Waals surface area (Å²) in [4.78, 5) is 45.1. The van der Waals surface area contributed by atoms with Crippen LogP contribution in [0.25, 0.3) is 28.1 Å². The standard InChI is InChI=1S/C44H33N5O3S2/c1-28-19-21-29(22-20-28)37-27-53-44(36(37)25-45)49-43(52)40(30-11-4-2-5-12-30)54-34-16-10-15-33(24-34)47-42(51)39(48-41(50)31-13-6-3-7-14-31)23-32-26-46-38-18-9-8-17-35(32)38/h2-24,26-27,40,46H,1H3,(H,47,51)(H,48,50)(H,49,52)/b39-23-. The maximum absolute atomic E-state index is 14.0. The summed E-state index contributed by atoms with van der Waals surface area (Å²) in [6.45, 7) is 2.01. The summed E-state index contributed by atoms with van der Waals surface area (Å²) < 4.78 is 0. The highest BCUT2D eigenvalue weighted by atomic mass is 32.2. The number of nitrogens with one attached hydrogen (secondary N) is 4. The molecule has 0 bridgehead atoms. The van der Waals surface area contributed by atoms with E-state index in [2.05, 4.69) is 27.0 Å². The maximum Gasteiger partial charge on any atom is 0.272 e. The molecule has 0 radical (unpaired) electrons. The predicted octanol–water partition coefficient (Wildman–Crippen LogP) is 9.96. The van der Waals surface area contributed by atoms with Gasteiger partial charge >= 0.3 is 0 Å². The highest BCUT2D eigenvalue weighted by Gasteiger charge is 2.25. The first kappa shape index (κ1) is 35.7. The lowest BCUT2D eigenvalue weighted by Crippen LogP contribution is -2.30. The first-order valence-electron chi connectivity index (χ1n) is 17.0. The highest BCUT2D eigenvalue weighted by Crippen LogP contribution is 2.40. The van der Waals surface area contributed by atoms with Crippen LogP contribution in [0, 0.1) is 18.3 Å². The van der Waals surface area contributed by atoms with E-state index < -0.39 is 17.1 Å². The molecule has 1 atom stereocenters. The number of carbonyl (C=O) groups is 3. The van der Waals surface area contributed by atoms with Crippen LogP contribution in [-0.2, 0) is 9.59 Å². The van der Waals surface area contributed by atoms with Crippen molar-refractivity contribution in [3.05, 3.63) is 179 Å². The molecule has 1 unspecified atom stereocenters. The average molecular weight is 744 g/mol. The normalized spacial score (nSPS) is 11.7. The van der Waals surface area contributed by atoms with Crippen molar-refractivity contribution in [2.75, 3.05) is 10.6 Å². The van der Waals surface area contributed by atoms with Crippen molar-refractivity contribution in [2.24, 2.45) is 0 Å². The molecule has 0 aliphatic carbocycles. The number of rotatable bonds is 11. The minimum absolute atomic E-state index is 0.0578. The number of fused-ring (bicyclic) bond motifs is 1. The van der Waals surface area contributed by atoms with E-state index in [4.69, 9.17) is 0 Å². The topological polar surface area (TPSA) is 127 Å². The van der Waals surface area contributed by atoms with E-state index in [-0.39, 0.29) is 11.6 Å². The number of thiophene rings is 1. The maximum atomic E-state index is 14.0. The molecular formula is C44H33N5O3S2. The number of para-hydroxylation sites is 1. The fraction of sp³-hybridized carbons (Fsp3) is 0.0455. The minimum atomic E-state index is -0.684. The van der Waals surface area contributed by atoms with Gasteiger partial charge in [-0.3, -0.25) is 14.4 Å². The van der Waals surface area contributed by atoms with Crippen molar-refractivity contribution in [1.82, 2.24) is 10.3 Å². The molecule has 0 fully saturated rings. The van der Waals surface area contributed by atoms with Crippen LogP contribution in [0.2, 0.25) is 0 Å². The molecule has 54 heavy (non-hydrogen) atoms. The molecular weight excluding hydrogens is 711 g/mol. The molecule has 7 aromatic rings. The van der Waals surface area contributed by atoms with Gasteiger partial charge in [0.1, 0.15) is 22.0 Å². The number of hydrogen-bond acceptors (Lipinski definition) is 6. The predicted molar refractivity (Wildman–Crippen MR) is 218 cm³/mol. The first-order valence-corrected chi connectivity index (χ1v) is 18.8. The van der Waals surface area contributed by atoms with Crippen molar-refractivity contribution in [3.8, 4) is 17.2 Å².